The molecule has 2 amide bonds. The fourth-order valence-electron chi connectivity index (χ4n) is 4.72. The molecule has 0 aliphatic carbocycles. The number of imide groups is 1. The molecule has 0 radical (unpaired) electrons. The molecule has 1 aromatic rings. The molecule has 6 nitrogen and oxygen atoms in total. The zero-order valence-corrected chi connectivity index (χ0v) is 14.5. The number of rotatable bonds is 2. The SMILES string of the molecule is CC12CCC(C)(O1)C1C(=O)N(c3cccc(C#N)c3OC(F)(F)F)C(=O)C12. The Morgan fingerprint density at radius 3 is 2.22 bits per heavy atom. The summed E-state index contributed by atoms with van der Waals surface area (Å²) in [5.74, 6) is -3.64. The van der Waals surface area contributed by atoms with Crippen LogP contribution in [-0.2, 0) is 14.3 Å². The minimum atomic E-state index is -5.08. The summed E-state index contributed by atoms with van der Waals surface area (Å²) >= 11 is 0. The molecule has 3 fully saturated rings. The van der Waals surface area contributed by atoms with Crippen molar-refractivity contribution in [1.82, 2.24) is 0 Å². The van der Waals surface area contributed by atoms with Crippen LogP contribution in [0.15, 0.2) is 18.2 Å². The van der Waals surface area contributed by atoms with Gasteiger partial charge in [-0.2, -0.15) is 5.26 Å². The number of nitriles is 1. The second-order valence-corrected chi connectivity index (χ2v) is 7.51. The molecule has 1 aromatic carbocycles. The third-order valence-corrected chi connectivity index (χ3v) is 5.78. The van der Waals surface area contributed by atoms with E-state index in [0.717, 1.165) is 11.0 Å². The van der Waals surface area contributed by atoms with E-state index in [4.69, 9.17) is 10.00 Å². The monoisotopic (exact) mass is 380 g/mol. The Morgan fingerprint density at radius 2 is 1.74 bits per heavy atom. The third kappa shape index (κ3) is 2.36. The van der Waals surface area contributed by atoms with Gasteiger partial charge in [-0.3, -0.25) is 9.59 Å². The quantitative estimate of drug-likeness (QED) is 0.737. The number of para-hydroxylation sites is 1. The number of halogens is 3. The van der Waals surface area contributed by atoms with Crippen molar-refractivity contribution in [3.8, 4) is 11.8 Å². The van der Waals surface area contributed by atoms with Crippen molar-refractivity contribution in [3.63, 3.8) is 0 Å². The van der Waals surface area contributed by atoms with Crippen LogP contribution in [0.2, 0.25) is 0 Å². The number of carbonyl (C=O) groups is 2. The summed E-state index contributed by atoms with van der Waals surface area (Å²) in [7, 11) is 0. The van der Waals surface area contributed by atoms with Crippen molar-refractivity contribution < 1.29 is 32.2 Å². The minimum absolute atomic E-state index is 0.373. The first-order valence-corrected chi connectivity index (χ1v) is 8.38. The Morgan fingerprint density at radius 1 is 1.19 bits per heavy atom. The molecule has 0 spiro atoms. The predicted octanol–water partition coefficient (Wildman–Crippen LogP) is 2.90. The lowest BCUT2D eigenvalue weighted by Crippen LogP contribution is -2.40. The molecular formula is C18H15F3N2O4. The summed E-state index contributed by atoms with van der Waals surface area (Å²) in [6, 6.07) is 5.22. The molecule has 0 N–H and O–H groups in total. The van der Waals surface area contributed by atoms with Gasteiger partial charge in [0, 0.05) is 0 Å². The first kappa shape index (κ1) is 17.8. The van der Waals surface area contributed by atoms with Crippen molar-refractivity contribution in [1.29, 1.82) is 5.26 Å². The number of fused-ring (bicyclic) bond motifs is 5. The molecule has 27 heavy (non-hydrogen) atoms. The smallest absolute Gasteiger partial charge is 0.402 e. The number of alkyl halides is 3. The van der Waals surface area contributed by atoms with Gasteiger partial charge in [-0.1, -0.05) is 6.07 Å². The van der Waals surface area contributed by atoms with Crippen LogP contribution < -0.4 is 9.64 Å². The molecule has 0 aromatic heterocycles. The van der Waals surface area contributed by atoms with Gasteiger partial charge in [0.25, 0.3) is 0 Å². The second kappa shape index (κ2) is 5.23. The molecule has 3 aliphatic rings. The normalized spacial score (nSPS) is 34.7. The molecule has 142 valence electrons. The molecule has 4 atom stereocenters. The number of ether oxygens (including phenoxy) is 2. The largest absolute Gasteiger partial charge is 0.573 e. The topological polar surface area (TPSA) is 79.6 Å². The summed E-state index contributed by atoms with van der Waals surface area (Å²) < 4.78 is 48.6. The summed E-state index contributed by atoms with van der Waals surface area (Å²) in [6.45, 7) is 3.49. The van der Waals surface area contributed by atoms with Gasteiger partial charge in [-0.25, -0.2) is 4.90 Å². The van der Waals surface area contributed by atoms with Crippen LogP contribution >= 0.6 is 0 Å². The Bertz CT molecular complexity index is 875. The molecule has 3 aliphatic heterocycles. The maximum atomic E-state index is 13.1. The van der Waals surface area contributed by atoms with E-state index in [-0.39, 0.29) is 5.69 Å². The zero-order chi connectivity index (χ0) is 19.8. The van der Waals surface area contributed by atoms with Gasteiger partial charge < -0.3 is 9.47 Å². The predicted molar refractivity (Wildman–Crippen MR) is 84.4 cm³/mol. The number of hydrogen-bond donors (Lipinski definition) is 0. The minimum Gasteiger partial charge on any atom is -0.402 e. The van der Waals surface area contributed by atoms with Crippen LogP contribution in [0, 0.1) is 23.2 Å². The summed E-state index contributed by atoms with van der Waals surface area (Å²) in [4.78, 5) is 26.8. The average Bonchev–Trinajstić information content (AvgIpc) is 3.11. The number of nitrogens with zero attached hydrogens (tertiary/aromatic N) is 2. The average molecular weight is 380 g/mol. The Balaban J connectivity index is 1.83. The van der Waals surface area contributed by atoms with Crippen LogP contribution in [0.1, 0.15) is 32.3 Å². The van der Waals surface area contributed by atoms with E-state index in [1.54, 1.807) is 19.9 Å². The fourth-order valence-corrected chi connectivity index (χ4v) is 4.72. The highest BCUT2D eigenvalue weighted by atomic mass is 19.4. The number of amides is 2. The Hall–Kier alpha value is -2.60. The lowest BCUT2D eigenvalue weighted by atomic mass is 9.69. The first-order valence-electron chi connectivity index (χ1n) is 8.38. The van der Waals surface area contributed by atoms with Crippen molar-refractivity contribution in [2.45, 2.75) is 44.3 Å². The van der Waals surface area contributed by atoms with Crippen LogP contribution in [0.5, 0.6) is 5.75 Å². The summed E-state index contributed by atoms with van der Waals surface area (Å²) in [6.07, 6.45) is -3.91. The number of carbonyl (C=O) groups excluding carboxylic acids is 2. The molecule has 3 saturated heterocycles. The second-order valence-electron chi connectivity index (χ2n) is 7.51. The molecule has 9 heteroatoms. The molecular weight excluding hydrogens is 365 g/mol. The first-order chi connectivity index (χ1) is 12.5. The van der Waals surface area contributed by atoms with Gasteiger partial charge >= 0.3 is 6.36 Å². The Labute approximate surface area is 152 Å². The van der Waals surface area contributed by atoms with Gasteiger partial charge in [0.15, 0.2) is 5.75 Å². The van der Waals surface area contributed by atoms with E-state index in [1.165, 1.54) is 12.1 Å². The third-order valence-electron chi connectivity index (χ3n) is 5.78. The molecule has 4 unspecified atom stereocenters. The molecule has 2 bridgehead atoms. The maximum absolute atomic E-state index is 13.1. The summed E-state index contributed by atoms with van der Waals surface area (Å²) in [5, 5.41) is 9.15. The molecule has 0 saturated carbocycles. The van der Waals surface area contributed by atoms with E-state index in [1.807, 2.05) is 0 Å². The maximum Gasteiger partial charge on any atom is 0.573 e. The van der Waals surface area contributed by atoms with Crippen molar-refractivity contribution in [3.05, 3.63) is 23.8 Å². The highest BCUT2D eigenvalue weighted by molar-refractivity contribution is 6.24. The van der Waals surface area contributed by atoms with Crippen molar-refractivity contribution >= 4 is 17.5 Å². The lowest BCUT2D eigenvalue weighted by molar-refractivity contribution is -0.274. The zero-order valence-electron chi connectivity index (χ0n) is 14.5. The standard InChI is InChI=1S/C18H15F3N2O4/c1-16-6-7-17(2,27-16)12-11(16)14(24)23(15(12)25)10-5-3-4-9(8-22)13(10)26-18(19,20)21/h3-5,11-12H,6-7H2,1-2H3. The van der Waals surface area contributed by atoms with Crippen molar-refractivity contribution in [2.24, 2.45) is 11.8 Å². The fraction of sp³-hybridized carbons (Fsp3) is 0.500. The lowest BCUT2D eigenvalue weighted by Gasteiger charge is -2.27. The van der Waals surface area contributed by atoms with Crippen molar-refractivity contribution in [2.75, 3.05) is 4.90 Å². The van der Waals surface area contributed by atoms with Gasteiger partial charge in [-0.15, -0.1) is 13.2 Å². The number of benzene rings is 1. The van der Waals surface area contributed by atoms with E-state index >= 15 is 0 Å². The molecule has 4 rings (SSSR count). The number of hydrogen-bond acceptors (Lipinski definition) is 5. The van der Waals surface area contributed by atoms with E-state index in [2.05, 4.69) is 4.74 Å². The molecule has 3 heterocycles. The van der Waals surface area contributed by atoms with Gasteiger partial charge in [0.2, 0.25) is 11.8 Å². The van der Waals surface area contributed by atoms with Gasteiger partial charge in [0.1, 0.15) is 6.07 Å². The Kier molecular flexibility index (Phi) is 3.44. The van der Waals surface area contributed by atoms with Crippen LogP contribution in [0.4, 0.5) is 18.9 Å². The highest BCUT2D eigenvalue weighted by Gasteiger charge is 2.72. The van der Waals surface area contributed by atoms with Gasteiger partial charge in [-0.05, 0) is 38.8 Å². The van der Waals surface area contributed by atoms with Crippen LogP contribution in [0.3, 0.4) is 0 Å². The van der Waals surface area contributed by atoms with Gasteiger partial charge in [0.05, 0.1) is 34.3 Å². The van der Waals surface area contributed by atoms with E-state index in [9.17, 15) is 22.8 Å². The van der Waals surface area contributed by atoms with E-state index < -0.39 is 52.5 Å². The van der Waals surface area contributed by atoms with Crippen LogP contribution in [0.25, 0.3) is 0 Å². The highest BCUT2D eigenvalue weighted by Crippen LogP contribution is 2.61. The number of anilines is 1. The van der Waals surface area contributed by atoms with E-state index in [0.29, 0.717) is 12.8 Å². The summed E-state index contributed by atoms with van der Waals surface area (Å²) in [5.41, 5.74) is -2.46. The van der Waals surface area contributed by atoms with Crippen LogP contribution in [-0.4, -0.2) is 29.4 Å².